The highest BCUT2D eigenvalue weighted by molar-refractivity contribution is 5.70. The van der Waals surface area contributed by atoms with Crippen LogP contribution < -0.4 is 0 Å². The van der Waals surface area contributed by atoms with Gasteiger partial charge in [-0.15, -0.1) is 0 Å². The van der Waals surface area contributed by atoms with Gasteiger partial charge in [0.2, 0.25) is 0 Å². The van der Waals surface area contributed by atoms with E-state index in [1.807, 2.05) is 0 Å². The summed E-state index contributed by atoms with van der Waals surface area (Å²) in [6.45, 7) is 2.66. The molecule has 2 aliphatic heterocycles. The maximum atomic E-state index is 11.2. The molecule has 8 nitrogen and oxygen atoms in total. The van der Waals surface area contributed by atoms with Crippen LogP contribution in [0, 0.1) is 0 Å². The minimum atomic E-state index is -1.15. The molecule has 0 aromatic carbocycles. The molecular formula is C12H20O8. The number of methoxy groups -OCH3 is 1. The first-order chi connectivity index (χ1) is 9.38. The van der Waals surface area contributed by atoms with Crippen molar-refractivity contribution in [2.75, 3.05) is 20.3 Å². The van der Waals surface area contributed by atoms with Crippen LogP contribution in [-0.4, -0.2) is 73.0 Å². The first-order valence-corrected chi connectivity index (χ1v) is 6.36. The van der Waals surface area contributed by atoms with E-state index in [-0.39, 0.29) is 6.61 Å². The predicted molar refractivity (Wildman–Crippen MR) is 63.5 cm³/mol. The number of ether oxygens (including phenoxy) is 5. The predicted octanol–water partition coefficient (Wildman–Crippen LogP) is -1.23. The average molecular weight is 292 g/mol. The van der Waals surface area contributed by atoms with Crippen molar-refractivity contribution in [1.82, 2.24) is 0 Å². The number of carbonyl (C=O) groups excluding carboxylic acids is 1. The van der Waals surface area contributed by atoms with Crippen LogP contribution in [0.3, 0.4) is 0 Å². The lowest BCUT2D eigenvalue weighted by molar-refractivity contribution is -0.231. The molecule has 0 spiro atoms. The van der Waals surface area contributed by atoms with Crippen LogP contribution in [0.15, 0.2) is 0 Å². The Morgan fingerprint density at radius 3 is 2.70 bits per heavy atom. The van der Waals surface area contributed by atoms with Crippen molar-refractivity contribution < 1.29 is 38.7 Å². The van der Waals surface area contributed by atoms with E-state index in [0.717, 1.165) is 0 Å². The Balaban J connectivity index is 2.06. The van der Waals surface area contributed by atoms with E-state index in [1.54, 1.807) is 13.8 Å². The summed E-state index contributed by atoms with van der Waals surface area (Å²) in [6, 6.07) is 0. The highest BCUT2D eigenvalue weighted by Crippen LogP contribution is 2.39. The maximum absolute atomic E-state index is 11.2. The van der Waals surface area contributed by atoms with Crippen LogP contribution in [0.5, 0.6) is 0 Å². The molecule has 0 aromatic heterocycles. The van der Waals surface area contributed by atoms with E-state index in [2.05, 4.69) is 4.74 Å². The molecule has 2 fully saturated rings. The summed E-state index contributed by atoms with van der Waals surface area (Å²) in [7, 11) is 1.25. The van der Waals surface area contributed by atoms with E-state index in [0.29, 0.717) is 0 Å². The van der Waals surface area contributed by atoms with Crippen molar-refractivity contribution in [1.29, 1.82) is 0 Å². The molecule has 0 unspecified atom stereocenters. The monoisotopic (exact) mass is 292 g/mol. The third-order valence-electron chi connectivity index (χ3n) is 3.21. The third kappa shape index (κ3) is 3.11. The summed E-state index contributed by atoms with van der Waals surface area (Å²) in [5.74, 6) is -1.39. The van der Waals surface area contributed by atoms with Gasteiger partial charge >= 0.3 is 5.97 Å². The molecule has 2 N–H and O–H groups in total. The van der Waals surface area contributed by atoms with Gasteiger partial charge in [-0.1, -0.05) is 0 Å². The van der Waals surface area contributed by atoms with Gasteiger partial charge in [-0.25, -0.2) is 4.79 Å². The lowest BCUT2D eigenvalue weighted by Gasteiger charge is -2.27. The molecule has 8 heteroatoms. The number of aliphatic hydroxyl groups is 2. The molecule has 0 saturated carbocycles. The van der Waals surface area contributed by atoms with Gasteiger partial charge in [0.15, 0.2) is 12.1 Å². The van der Waals surface area contributed by atoms with Crippen molar-refractivity contribution in [3.05, 3.63) is 0 Å². The lowest BCUT2D eigenvalue weighted by Crippen LogP contribution is -2.44. The quantitative estimate of drug-likeness (QED) is 0.607. The van der Waals surface area contributed by atoms with Crippen molar-refractivity contribution in [2.24, 2.45) is 0 Å². The molecule has 20 heavy (non-hydrogen) atoms. The molecule has 2 aliphatic rings. The number of fused-ring (bicyclic) bond motifs is 1. The second-order valence-electron chi connectivity index (χ2n) is 5.17. The third-order valence-corrected chi connectivity index (χ3v) is 3.21. The van der Waals surface area contributed by atoms with Gasteiger partial charge < -0.3 is 33.9 Å². The fourth-order valence-corrected chi connectivity index (χ4v) is 2.33. The van der Waals surface area contributed by atoms with Crippen molar-refractivity contribution in [3.8, 4) is 0 Å². The van der Waals surface area contributed by atoms with Crippen LogP contribution in [-0.2, 0) is 28.5 Å². The van der Waals surface area contributed by atoms with Crippen LogP contribution >= 0.6 is 0 Å². The first-order valence-electron chi connectivity index (χ1n) is 6.36. The molecule has 0 amide bonds. The lowest BCUT2D eigenvalue weighted by atomic mass is 10.1. The highest BCUT2D eigenvalue weighted by atomic mass is 16.8. The number of hydrogen-bond acceptors (Lipinski definition) is 8. The second-order valence-corrected chi connectivity index (χ2v) is 5.17. The molecule has 2 rings (SSSR count). The molecule has 0 aromatic rings. The Bertz CT molecular complexity index is 357. The fraction of sp³-hybridized carbons (Fsp3) is 0.917. The molecule has 2 saturated heterocycles. The number of hydrogen-bond donors (Lipinski definition) is 2. The van der Waals surface area contributed by atoms with Gasteiger partial charge in [0.1, 0.15) is 31.0 Å². The minimum absolute atomic E-state index is 0.299. The van der Waals surface area contributed by atoms with Gasteiger partial charge in [-0.2, -0.15) is 0 Å². The average Bonchev–Trinajstić information content (AvgIpc) is 2.87. The summed E-state index contributed by atoms with van der Waals surface area (Å²) in [5, 5.41) is 18.8. The number of rotatable bonds is 5. The molecule has 2 heterocycles. The van der Waals surface area contributed by atoms with E-state index < -0.39 is 49.1 Å². The highest BCUT2D eigenvalue weighted by Gasteiger charge is 2.57. The van der Waals surface area contributed by atoms with Crippen molar-refractivity contribution in [2.45, 2.75) is 50.3 Å². The molecular weight excluding hydrogens is 272 g/mol. The Kier molecular flexibility index (Phi) is 4.62. The number of aliphatic hydroxyl groups excluding tert-OH is 2. The summed E-state index contributed by atoms with van der Waals surface area (Å²) in [4.78, 5) is 11.2. The van der Waals surface area contributed by atoms with Gasteiger partial charge in [-0.3, -0.25) is 0 Å². The van der Waals surface area contributed by atoms with Gasteiger partial charge in [0, 0.05) is 0 Å². The Hall–Kier alpha value is -0.770. The normalized spacial score (nSPS) is 36.6. The van der Waals surface area contributed by atoms with Crippen LogP contribution in [0.2, 0.25) is 0 Å². The Morgan fingerprint density at radius 1 is 1.40 bits per heavy atom. The van der Waals surface area contributed by atoms with E-state index >= 15 is 0 Å². The molecule has 0 aliphatic carbocycles. The first kappa shape index (κ1) is 15.6. The zero-order valence-corrected chi connectivity index (χ0v) is 11.6. The minimum Gasteiger partial charge on any atom is -0.467 e. The zero-order valence-electron chi connectivity index (χ0n) is 11.6. The molecule has 0 bridgehead atoms. The second kappa shape index (κ2) is 5.92. The van der Waals surface area contributed by atoms with E-state index in [9.17, 15) is 9.90 Å². The van der Waals surface area contributed by atoms with E-state index in [1.165, 1.54) is 7.11 Å². The van der Waals surface area contributed by atoms with Crippen molar-refractivity contribution >= 4 is 5.97 Å². The molecule has 0 radical (unpaired) electrons. The largest absolute Gasteiger partial charge is 0.467 e. The van der Waals surface area contributed by atoms with Gasteiger partial charge in [0.25, 0.3) is 0 Å². The van der Waals surface area contributed by atoms with Gasteiger partial charge in [0.05, 0.1) is 13.7 Å². The summed E-state index contributed by atoms with van der Waals surface area (Å²) in [5.41, 5.74) is 0. The number of esters is 1. The Morgan fingerprint density at radius 2 is 2.10 bits per heavy atom. The van der Waals surface area contributed by atoms with E-state index in [4.69, 9.17) is 24.1 Å². The van der Waals surface area contributed by atoms with Gasteiger partial charge in [-0.05, 0) is 13.8 Å². The summed E-state index contributed by atoms with van der Waals surface area (Å²) >= 11 is 0. The summed E-state index contributed by atoms with van der Waals surface area (Å²) < 4.78 is 26.6. The number of carbonyl (C=O) groups is 1. The van der Waals surface area contributed by atoms with Crippen LogP contribution in [0.4, 0.5) is 0 Å². The smallest absolute Gasteiger partial charge is 0.331 e. The van der Waals surface area contributed by atoms with Crippen molar-refractivity contribution in [3.63, 3.8) is 0 Å². The zero-order chi connectivity index (χ0) is 14.9. The SMILES string of the molecule is COC(=O)CO[C@@H]1[C@H]2OC(C)(C)O[C@H]2O[C@@H]1[C@H](O)CO. The topological polar surface area (TPSA) is 104 Å². The maximum Gasteiger partial charge on any atom is 0.331 e. The standard InChI is InChI=1S/C12H20O8/c1-12(2)19-10-9(17-5-7(15)16-3)8(6(14)4-13)18-11(10)20-12/h6,8-11,13-14H,4-5H2,1-3H3/t6-,8-,9+,10-,11-/m1/s1. The summed E-state index contributed by atoms with van der Waals surface area (Å²) in [6.07, 6.45) is -4.02. The Labute approximate surface area is 116 Å². The fourth-order valence-electron chi connectivity index (χ4n) is 2.33. The molecule has 116 valence electrons. The van der Waals surface area contributed by atoms with Crippen LogP contribution in [0.25, 0.3) is 0 Å². The molecule has 5 atom stereocenters. The van der Waals surface area contributed by atoms with Crippen LogP contribution in [0.1, 0.15) is 13.8 Å².